The van der Waals surface area contributed by atoms with Crippen molar-refractivity contribution < 1.29 is 9.18 Å². The third-order valence-corrected chi connectivity index (χ3v) is 3.30. The van der Waals surface area contributed by atoms with Crippen LogP contribution in [0.2, 0.25) is 0 Å². The summed E-state index contributed by atoms with van der Waals surface area (Å²) < 4.78 is 13.2. The van der Waals surface area contributed by atoms with Crippen LogP contribution in [0.5, 0.6) is 0 Å². The van der Waals surface area contributed by atoms with Gasteiger partial charge in [0.2, 0.25) is 0 Å². The summed E-state index contributed by atoms with van der Waals surface area (Å²) in [4.78, 5) is 15.1. The first-order valence-corrected chi connectivity index (χ1v) is 6.34. The van der Waals surface area contributed by atoms with Crippen molar-refractivity contribution in [1.29, 1.82) is 0 Å². The maximum absolute atomic E-state index is 13.2. The van der Waals surface area contributed by atoms with Gasteiger partial charge in [-0.05, 0) is 18.7 Å². The number of nitrogens with one attached hydrogen (secondary N) is 1. The monoisotopic (exact) mass is 242 g/mol. The van der Waals surface area contributed by atoms with Crippen molar-refractivity contribution in [3.63, 3.8) is 0 Å². The van der Waals surface area contributed by atoms with Gasteiger partial charge in [-0.15, -0.1) is 0 Å². The minimum absolute atomic E-state index is 0.0480. The van der Waals surface area contributed by atoms with Crippen LogP contribution in [-0.4, -0.2) is 28.9 Å². The summed E-state index contributed by atoms with van der Waals surface area (Å²) in [5.41, 5.74) is 0.0480. The van der Waals surface area contributed by atoms with Crippen LogP contribution in [-0.2, 0) is 0 Å². The second-order valence-corrected chi connectivity index (χ2v) is 4.72. The van der Waals surface area contributed by atoms with Gasteiger partial charge in [0.15, 0.2) is 5.82 Å². The molecule has 0 bridgehead atoms. The van der Waals surface area contributed by atoms with E-state index < -0.39 is 5.82 Å². The van der Waals surface area contributed by atoms with Crippen LogP contribution >= 0.6 is 11.8 Å². The Morgan fingerprint density at radius 2 is 2.44 bits per heavy atom. The molecule has 0 radical (unpaired) electrons. The maximum atomic E-state index is 13.2. The van der Waals surface area contributed by atoms with E-state index in [2.05, 4.69) is 17.2 Å². The molecule has 16 heavy (non-hydrogen) atoms. The number of thioether (sulfide) groups is 1. The van der Waals surface area contributed by atoms with Crippen molar-refractivity contribution >= 4 is 17.7 Å². The fourth-order valence-electron chi connectivity index (χ4n) is 1.16. The Balaban J connectivity index is 2.44. The smallest absolute Gasteiger partial charge is 0.254 e. The molecule has 1 rings (SSSR count). The molecule has 3 nitrogen and oxygen atoms in total. The largest absolute Gasteiger partial charge is 0.352 e. The first kappa shape index (κ1) is 13.0. The topological polar surface area (TPSA) is 42.0 Å². The normalized spacial score (nSPS) is 12.2. The summed E-state index contributed by atoms with van der Waals surface area (Å²) in [5.74, 6) is -0.967. The molecule has 5 heteroatoms. The number of aromatic nitrogens is 1. The van der Waals surface area contributed by atoms with Gasteiger partial charge < -0.3 is 5.32 Å². The van der Waals surface area contributed by atoms with E-state index in [0.29, 0.717) is 11.8 Å². The van der Waals surface area contributed by atoms with E-state index in [-0.39, 0.29) is 11.5 Å². The van der Waals surface area contributed by atoms with Crippen molar-refractivity contribution in [2.45, 2.75) is 18.6 Å². The molecule has 1 amide bonds. The molecule has 0 aliphatic carbocycles. The summed E-state index contributed by atoms with van der Waals surface area (Å²) in [6, 6.07) is 1.38. The molecule has 88 valence electrons. The van der Waals surface area contributed by atoms with Gasteiger partial charge >= 0.3 is 0 Å². The lowest BCUT2D eigenvalue weighted by atomic mass is 10.2. The van der Waals surface area contributed by atoms with Gasteiger partial charge in [0.25, 0.3) is 5.91 Å². The zero-order chi connectivity index (χ0) is 12.0. The Hall–Kier alpha value is -1.10. The summed E-state index contributed by atoms with van der Waals surface area (Å²) >= 11 is 1.74. The molecular formula is C11H15FN2OS. The molecule has 0 spiro atoms. The Morgan fingerprint density at radius 1 is 1.69 bits per heavy atom. The van der Waals surface area contributed by atoms with E-state index in [9.17, 15) is 9.18 Å². The Kier molecular flexibility index (Phi) is 5.25. The third-order valence-electron chi connectivity index (χ3n) is 2.26. The van der Waals surface area contributed by atoms with Crippen LogP contribution < -0.4 is 5.32 Å². The fourth-order valence-corrected chi connectivity index (χ4v) is 1.51. The number of pyridine rings is 1. The summed E-state index contributed by atoms with van der Waals surface area (Å²) in [6.07, 6.45) is 5.34. The van der Waals surface area contributed by atoms with Crippen LogP contribution in [0.25, 0.3) is 0 Å². The number of amides is 1. The average molecular weight is 242 g/mol. The molecule has 1 atom stereocenters. The molecule has 0 aliphatic heterocycles. The lowest BCUT2D eigenvalue weighted by Gasteiger charge is -2.09. The van der Waals surface area contributed by atoms with Crippen molar-refractivity contribution in [2.75, 3.05) is 12.8 Å². The van der Waals surface area contributed by atoms with E-state index in [1.54, 1.807) is 11.8 Å². The lowest BCUT2D eigenvalue weighted by Crippen LogP contribution is -2.26. The standard InChI is InChI=1S/C11H15FN2OS/c1-8(16-2)3-6-14-11(15)9-4-5-13-7-10(9)12/h4-5,7-8H,3,6H2,1-2H3,(H,14,15). The molecule has 1 N–H and O–H groups in total. The second-order valence-electron chi connectivity index (χ2n) is 3.45. The fraction of sp³-hybridized carbons (Fsp3) is 0.455. The van der Waals surface area contributed by atoms with E-state index in [1.807, 2.05) is 6.26 Å². The number of hydrogen-bond donors (Lipinski definition) is 1. The van der Waals surface area contributed by atoms with Crippen LogP contribution in [0, 0.1) is 5.82 Å². The Morgan fingerprint density at radius 3 is 3.06 bits per heavy atom. The van der Waals surface area contributed by atoms with Gasteiger partial charge in [-0.1, -0.05) is 6.92 Å². The highest BCUT2D eigenvalue weighted by atomic mass is 32.2. The first-order valence-electron chi connectivity index (χ1n) is 5.05. The number of carbonyl (C=O) groups is 1. The van der Waals surface area contributed by atoms with Gasteiger partial charge in [0.1, 0.15) is 0 Å². The molecule has 1 aromatic heterocycles. The summed E-state index contributed by atoms with van der Waals surface area (Å²) in [6.45, 7) is 2.65. The second kappa shape index (κ2) is 6.48. The van der Waals surface area contributed by atoms with E-state index in [1.165, 1.54) is 12.3 Å². The Bertz CT molecular complexity index is 360. The van der Waals surface area contributed by atoms with Crippen LogP contribution in [0.4, 0.5) is 4.39 Å². The van der Waals surface area contributed by atoms with Gasteiger partial charge in [0.05, 0.1) is 11.8 Å². The van der Waals surface area contributed by atoms with Crippen molar-refractivity contribution in [2.24, 2.45) is 0 Å². The zero-order valence-electron chi connectivity index (χ0n) is 9.37. The minimum Gasteiger partial charge on any atom is -0.352 e. The lowest BCUT2D eigenvalue weighted by molar-refractivity contribution is 0.0949. The van der Waals surface area contributed by atoms with E-state index in [4.69, 9.17) is 0 Å². The number of nitrogens with zero attached hydrogens (tertiary/aromatic N) is 1. The minimum atomic E-state index is -0.585. The van der Waals surface area contributed by atoms with E-state index in [0.717, 1.165) is 12.6 Å². The molecule has 1 unspecified atom stereocenters. The molecule has 0 aromatic carbocycles. The Labute approximate surface area is 98.8 Å². The molecule has 0 saturated carbocycles. The summed E-state index contributed by atoms with van der Waals surface area (Å²) in [5, 5.41) is 3.17. The van der Waals surface area contributed by atoms with Crippen LogP contribution in [0.3, 0.4) is 0 Å². The number of hydrogen-bond acceptors (Lipinski definition) is 3. The van der Waals surface area contributed by atoms with Gasteiger partial charge in [0, 0.05) is 18.0 Å². The van der Waals surface area contributed by atoms with Crippen molar-refractivity contribution in [3.05, 3.63) is 29.8 Å². The van der Waals surface area contributed by atoms with Gasteiger partial charge in [-0.3, -0.25) is 9.78 Å². The number of carbonyl (C=O) groups excluding carboxylic acids is 1. The predicted molar refractivity (Wildman–Crippen MR) is 64.1 cm³/mol. The number of halogens is 1. The van der Waals surface area contributed by atoms with Crippen molar-refractivity contribution in [3.8, 4) is 0 Å². The van der Waals surface area contributed by atoms with Crippen molar-refractivity contribution in [1.82, 2.24) is 10.3 Å². The molecular weight excluding hydrogens is 227 g/mol. The maximum Gasteiger partial charge on any atom is 0.254 e. The average Bonchev–Trinajstić information content (AvgIpc) is 2.29. The molecule has 0 fully saturated rings. The van der Waals surface area contributed by atoms with Gasteiger partial charge in [-0.2, -0.15) is 11.8 Å². The number of rotatable bonds is 5. The van der Waals surface area contributed by atoms with Crippen LogP contribution in [0.15, 0.2) is 18.5 Å². The summed E-state index contributed by atoms with van der Waals surface area (Å²) in [7, 11) is 0. The highest BCUT2D eigenvalue weighted by molar-refractivity contribution is 7.99. The predicted octanol–water partition coefficient (Wildman–Crippen LogP) is 2.09. The quantitative estimate of drug-likeness (QED) is 0.859. The van der Waals surface area contributed by atoms with E-state index >= 15 is 0 Å². The SMILES string of the molecule is CSC(C)CCNC(=O)c1ccncc1F. The first-order chi connectivity index (χ1) is 7.65. The highest BCUT2D eigenvalue weighted by Crippen LogP contribution is 2.08. The highest BCUT2D eigenvalue weighted by Gasteiger charge is 2.10. The molecule has 1 heterocycles. The third kappa shape index (κ3) is 3.81. The zero-order valence-corrected chi connectivity index (χ0v) is 10.2. The van der Waals surface area contributed by atoms with Gasteiger partial charge in [-0.25, -0.2) is 4.39 Å². The van der Waals surface area contributed by atoms with Crippen LogP contribution in [0.1, 0.15) is 23.7 Å². The molecule has 0 aliphatic rings. The molecule has 0 saturated heterocycles. The molecule has 1 aromatic rings.